The van der Waals surface area contributed by atoms with E-state index in [0.717, 1.165) is 10.6 Å². The zero-order valence-electron chi connectivity index (χ0n) is 14.0. The second-order valence-corrected chi connectivity index (χ2v) is 7.54. The summed E-state index contributed by atoms with van der Waals surface area (Å²) < 4.78 is 18.6. The number of carbonyl (C=O) groups excluding carboxylic acids is 1. The average molecular weight is 391 g/mol. The van der Waals surface area contributed by atoms with Crippen LogP contribution < -0.4 is 5.32 Å². The van der Waals surface area contributed by atoms with Gasteiger partial charge < -0.3 is 9.84 Å². The Morgan fingerprint density at radius 3 is 2.96 bits per heavy atom. The molecule has 1 amide bonds. The first kappa shape index (κ1) is 18.6. The summed E-state index contributed by atoms with van der Waals surface area (Å²) in [6.07, 6.45) is 0.705. The van der Waals surface area contributed by atoms with Crippen LogP contribution in [0.2, 0.25) is 0 Å². The minimum absolute atomic E-state index is 0.0626. The van der Waals surface area contributed by atoms with Gasteiger partial charge in [0.25, 0.3) is 0 Å². The quantitative estimate of drug-likeness (QED) is 0.560. The Morgan fingerprint density at radius 2 is 2.15 bits per heavy atom. The lowest BCUT2D eigenvalue weighted by molar-refractivity contribution is -0.121. The van der Waals surface area contributed by atoms with Gasteiger partial charge in [-0.3, -0.25) is 4.79 Å². The summed E-state index contributed by atoms with van der Waals surface area (Å²) in [5.74, 6) is 2.08. The molecule has 0 fully saturated rings. The van der Waals surface area contributed by atoms with Gasteiger partial charge in [-0.15, -0.1) is 11.3 Å². The van der Waals surface area contributed by atoms with Crippen LogP contribution in [-0.2, 0) is 17.0 Å². The summed E-state index contributed by atoms with van der Waals surface area (Å²) in [7, 11) is 0. The summed E-state index contributed by atoms with van der Waals surface area (Å²) in [5.41, 5.74) is 0.682. The number of rotatable bonds is 9. The number of thioether (sulfide) groups is 1. The summed E-state index contributed by atoms with van der Waals surface area (Å²) in [4.78, 5) is 17.1. The van der Waals surface area contributed by atoms with Crippen LogP contribution in [0.15, 0.2) is 46.3 Å². The van der Waals surface area contributed by atoms with Gasteiger partial charge in [0.05, 0.1) is 4.88 Å². The third kappa shape index (κ3) is 5.40. The van der Waals surface area contributed by atoms with E-state index in [9.17, 15) is 9.18 Å². The third-order valence-electron chi connectivity index (χ3n) is 3.56. The number of aromatic nitrogens is 2. The zero-order valence-corrected chi connectivity index (χ0v) is 15.6. The Bertz CT molecular complexity index is 837. The monoisotopic (exact) mass is 391 g/mol. The molecule has 2 heterocycles. The van der Waals surface area contributed by atoms with E-state index >= 15 is 0 Å². The molecule has 0 atom stereocenters. The van der Waals surface area contributed by atoms with Crippen molar-refractivity contribution >= 4 is 29.0 Å². The minimum Gasteiger partial charge on any atom is -0.355 e. The number of benzene rings is 1. The maximum absolute atomic E-state index is 13.5. The zero-order chi connectivity index (χ0) is 18.2. The molecule has 0 bridgehead atoms. The molecule has 1 aromatic carbocycles. The van der Waals surface area contributed by atoms with Crippen LogP contribution in [0.25, 0.3) is 10.7 Å². The third-order valence-corrected chi connectivity index (χ3v) is 5.43. The van der Waals surface area contributed by atoms with Gasteiger partial charge in [-0.2, -0.15) is 16.7 Å². The first-order valence-electron chi connectivity index (χ1n) is 8.16. The largest absolute Gasteiger partial charge is 0.355 e. The molecule has 1 N–H and O–H groups in total. The number of nitrogens with zero attached hydrogens (tertiary/aromatic N) is 2. The number of aryl methyl sites for hydroxylation is 1. The summed E-state index contributed by atoms with van der Waals surface area (Å²) in [6.45, 7) is 0.544. The molecule has 26 heavy (non-hydrogen) atoms. The highest BCUT2D eigenvalue weighted by Gasteiger charge is 2.11. The predicted molar refractivity (Wildman–Crippen MR) is 102 cm³/mol. The highest BCUT2D eigenvalue weighted by molar-refractivity contribution is 7.98. The normalized spacial score (nSPS) is 10.8. The second kappa shape index (κ2) is 9.49. The number of thiophene rings is 1. The smallest absolute Gasteiger partial charge is 0.227 e. The number of hydrogen-bond acceptors (Lipinski definition) is 6. The van der Waals surface area contributed by atoms with Gasteiger partial charge in [0.15, 0.2) is 0 Å². The Kier molecular flexibility index (Phi) is 6.79. The van der Waals surface area contributed by atoms with Crippen LogP contribution in [0.5, 0.6) is 0 Å². The van der Waals surface area contributed by atoms with Crippen LogP contribution in [0, 0.1) is 5.82 Å². The molecule has 0 aliphatic carbocycles. The average Bonchev–Trinajstić information content (AvgIpc) is 3.32. The molecule has 136 valence electrons. The van der Waals surface area contributed by atoms with Crippen molar-refractivity contribution in [1.29, 1.82) is 0 Å². The molecular weight excluding hydrogens is 373 g/mol. The first-order chi connectivity index (χ1) is 12.7. The molecule has 0 radical (unpaired) electrons. The Morgan fingerprint density at radius 1 is 1.27 bits per heavy atom. The molecule has 0 saturated carbocycles. The molecular formula is C18H18FN3O2S2. The van der Waals surface area contributed by atoms with Crippen molar-refractivity contribution in [3.8, 4) is 10.7 Å². The fourth-order valence-electron chi connectivity index (χ4n) is 2.23. The lowest BCUT2D eigenvalue weighted by atomic mass is 10.2. The molecule has 3 aromatic rings. The van der Waals surface area contributed by atoms with Gasteiger partial charge >= 0.3 is 0 Å². The van der Waals surface area contributed by atoms with E-state index in [1.54, 1.807) is 23.9 Å². The van der Waals surface area contributed by atoms with Gasteiger partial charge in [-0.05, 0) is 23.1 Å². The predicted octanol–water partition coefficient (Wildman–Crippen LogP) is 3.92. The van der Waals surface area contributed by atoms with E-state index in [1.165, 1.54) is 17.4 Å². The van der Waals surface area contributed by atoms with Gasteiger partial charge in [0, 0.05) is 30.9 Å². The van der Waals surface area contributed by atoms with E-state index in [2.05, 4.69) is 15.5 Å². The summed E-state index contributed by atoms with van der Waals surface area (Å²) in [6, 6.07) is 10.6. The van der Waals surface area contributed by atoms with Gasteiger partial charge in [0.2, 0.25) is 17.6 Å². The second-order valence-electron chi connectivity index (χ2n) is 5.48. The Balaban J connectivity index is 1.31. The van der Waals surface area contributed by atoms with E-state index in [4.69, 9.17) is 4.52 Å². The van der Waals surface area contributed by atoms with E-state index < -0.39 is 0 Å². The maximum Gasteiger partial charge on any atom is 0.227 e. The van der Waals surface area contributed by atoms with Crippen molar-refractivity contribution < 1.29 is 13.7 Å². The van der Waals surface area contributed by atoms with E-state index in [1.807, 2.05) is 23.6 Å². The molecule has 2 aromatic heterocycles. The molecule has 0 unspecified atom stereocenters. The van der Waals surface area contributed by atoms with Crippen LogP contribution in [-0.4, -0.2) is 28.3 Å². The van der Waals surface area contributed by atoms with Crippen LogP contribution in [0.4, 0.5) is 4.39 Å². The molecule has 0 aliphatic heterocycles. The van der Waals surface area contributed by atoms with Crippen molar-refractivity contribution in [2.45, 2.75) is 18.6 Å². The molecule has 3 rings (SSSR count). The molecule has 0 saturated heterocycles. The number of hydrogen-bond donors (Lipinski definition) is 1. The first-order valence-corrected chi connectivity index (χ1v) is 10.2. The summed E-state index contributed by atoms with van der Waals surface area (Å²) >= 11 is 3.12. The SMILES string of the molecule is O=C(CCc1nc(-c2cccs2)no1)NCCSCc1ccccc1F. The van der Waals surface area contributed by atoms with Gasteiger partial charge in [-0.1, -0.05) is 29.4 Å². The van der Waals surface area contributed by atoms with E-state index in [-0.39, 0.29) is 11.7 Å². The molecule has 0 spiro atoms. The van der Waals surface area contributed by atoms with Gasteiger partial charge in [-0.25, -0.2) is 4.39 Å². The Labute approximate surface area is 159 Å². The lowest BCUT2D eigenvalue weighted by Gasteiger charge is -2.05. The topological polar surface area (TPSA) is 68.0 Å². The molecule has 0 aliphatic rings. The standard InChI is InChI=1S/C18H18FN3O2S2/c19-14-5-2-1-4-13(14)12-25-11-9-20-16(23)7-8-17-21-18(22-24-17)15-6-3-10-26-15/h1-6,10H,7-9,11-12H2,(H,20,23). The van der Waals surface area contributed by atoms with Crippen molar-refractivity contribution in [2.75, 3.05) is 12.3 Å². The van der Waals surface area contributed by atoms with Crippen molar-refractivity contribution in [2.24, 2.45) is 0 Å². The highest BCUT2D eigenvalue weighted by atomic mass is 32.2. The van der Waals surface area contributed by atoms with Crippen LogP contribution >= 0.6 is 23.1 Å². The van der Waals surface area contributed by atoms with Crippen LogP contribution in [0.1, 0.15) is 17.9 Å². The van der Waals surface area contributed by atoms with E-state index in [0.29, 0.717) is 42.4 Å². The van der Waals surface area contributed by atoms with Crippen LogP contribution in [0.3, 0.4) is 0 Å². The minimum atomic E-state index is -0.189. The van der Waals surface area contributed by atoms with Crippen molar-refractivity contribution in [3.05, 3.63) is 59.0 Å². The van der Waals surface area contributed by atoms with Gasteiger partial charge in [0.1, 0.15) is 5.82 Å². The van der Waals surface area contributed by atoms with Crippen molar-refractivity contribution in [1.82, 2.24) is 15.5 Å². The summed E-state index contributed by atoms with van der Waals surface area (Å²) in [5, 5.41) is 8.71. The lowest BCUT2D eigenvalue weighted by Crippen LogP contribution is -2.26. The maximum atomic E-state index is 13.5. The number of halogens is 1. The molecule has 5 nitrogen and oxygen atoms in total. The number of nitrogens with one attached hydrogen (secondary N) is 1. The van der Waals surface area contributed by atoms with Crippen molar-refractivity contribution in [3.63, 3.8) is 0 Å². The number of amides is 1. The fourth-order valence-corrected chi connectivity index (χ4v) is 3.73. The highest BCUT2D eigenvalue weighted by Crippen LogP contribution is 2.21. The number of carbonyl (C=O) groups is 1. The molecule has 8 heteroatoms. The Hall–Kier alpha value is -2.19. The fraction of sp³-hybridized carbons (Fsp3) is 0.278.